The number of aromatic nitrogens is 4. The van der Waals surface area contributed by atoms with Gasteiger partial charge in [0.1, 0.15) is 28.2 Å². The maximum atomic E-state index is 2.29. The van der Waals surface area contributed by atoms with Crippen molar-refractivity contribution in [1.29, 1.82) is 0 Å². The van der Waals surface area contributed by atoms with Gasteiger partial charge in [0.2, 0.25) is 22.8 Å². The molecule has 0 aliphatic carbocycles. The van der Waals surface area contributed by atoms with Gasteiger partial charge >= 0.3 is 0 Å². The van der Waals surface area contributed by atoms with Gasteiger partial charge in [-0.3, -0.25) is 0 Å². The van der Waals surface area contributed by atoms with Crippen molar-refractivity contribution in [3.05, 3.63) is 211 Å². The molecule has 0 bridgehead atoms. The highest BCUT2D eigenvalue weighted by Gasteiger charge is 2.20. The van der Waals surface area contributed by atoms with E-state index in [-0.39, 0.29) is 0 Å². The van der Waals surface area contributed by atoms with Crippen molar-refractivity contribution in [2.45, 2.75) is 111 Å². The number of rotatable bonds is 4. The van der Waals surface area contributed by atoms with E-state index in [1.54, 1.807) is 0 Å². The van der Waals surface area contributed by atoms with E-state index in [0.717, 1.165) is 0 Å². The predicted molar refractivity (Wildman–Crippen MR) is 288 cm³/mol. The Balaban J connectivity index is 0.000000170. The lowest BCUT2D eigenvalue weighted by Crippen LogP contribution is -2.31. The maximum Gasteiger partial charge on any atom is 0.213 e. The Morgan fingerprint density at radius 2 is 0.529 bits per heavy atom. The zero-order chi connectivity index (χ0) is 50.3. The van der Waals surface area contributed by atoms with Gasteiger partial charge in [-0.25, -0.2) is 18.3 Å². The fourth-order valence-corrected chi connectivity index (χ4v) is 9.94. The first-order valence-electron chi connectivity index (χ1n) is 24.2. The number of nitrogens with zero attached hydrogens (tertiary/aromatic N) is 4. The zero-order valence-electron chi connectivity index (χ0n) is 45.3. The van der Waals surface area contributed by atoms with Crippen LogP contribution in [0.5, 0.6) is 0 Å². The van der Waals surface area contributed by atoms with E-state index >= 15 is 0 Å². The maximum absolute atomic E-state index is 2.29. The summed E-state index contributed by atoms with van der Waals surface area (Å²) in [6.07, 6.45) is 8.46. The van der Waals surface area contributed by atoms with Crippen molar-refractivity contribution in [1.82, 2.24) is 0 Å². The van der Waals surface area contributed by atoms with Gasteiger partial charge in [0, 0.05) is 48.5 Å². The molecule has 0 N–H and O–H groups in total. The Bertz CT molecular complexity index is 3070. The molecule has 4 nitrogen and oxygen atoms in total. The Labute approximate surface area is 411 Å². The largest absolute Gasteiger partial charge is 0.213 e. The number of hydrogen-bond donors (Lipinski definition) is 0. The van der Waals surface area contributed by atoms with Gasteiger partial charge in [-0.05, 0) is 201 Å². The molecule has 0 amide bonds. The van der Waals surface area contributed by atoms with Crippen molar-refractivity contribution in [2.75, 3.05) is 0 Å². The summed E-state index contributed by atoms with van der Waals surface area (Å²) in [5, 5.41) is 0. The molecule has 4 aromatic heterocycles. The van der Waals surface area contributed by atoms with E-state index in [1.165, 1.54) is 134 Å². The second-order valence-electron chi connectivity index (χ2n) is 19.6. The molecule has 68 heavy (non-hydrogen) atoms. The van der Waals surface area contributed by atoms with E-state index in [1.807, 2.05) is 0 Å². The third-order valence-electron chi connectivity index (χ3n) is 13.8. The van der Waals surface area contributed by atoms with Crippen LogP contribution in [0.3, 0.4) is 0 Å². The van der Waals surface area contributed by atoms with Gasteiger partial charge < -0.3 is 0 Å². The van der Waals surface area contributed by atoms with Crippen molar-refractivity contribution >= 4 is 0 Å². The van der Waals surface area contributed by atoms with Gasteiger partial charge in [0.05, 0.1) is 22.3 Å². The van der Waals surface area contributed by atoms with Gasteiger partial charge in [0.15, 0.2) is 24.8 Å². The Hall–Kier alpha value is -6.52. The van der Waals surface area contributed by atoms with Crippen molar-refractivity contribution in [2.24, 2.45) is 28.2 Å². The summed E-state index contributed by atoms with van der Waals surface area (Å²) in [6, 6.07) is 35.1. The fraction of sp³-hybridized carbons (Fsp3) is 0.312. The quantitative estimate of drug-likeness (QED) is 0.156. The third kappa shape index (κ3) is 12.1. The van der Waals surface area contributed by atoms with Crippen LogP contribution in [0.4, 0.5) is 0 Å². The van der Waals surface area contributed by atoms with Gasteiger partial charge in [-0.2, -0.15) is 0 Å². The predicted octanol–water partition coefficient (Wildman–Crippen LogP) is 13.6. The molecule has 8 aromatic rings. The summed E-state index contributed by atoms with van der Waals surface area (Å²) < 4.78 is 8.75. The smallest absolute Gasteiger partial charge is 0.201 e. The standard InChI is InChI=1S/C17H22N.2C16H20N.C15H18N/c1-11-7-8-18(6)16(9-11)17-13(3)10-12(2)14(4)15(17)5;1-11-6-7-17(5)15(10-11)16-13(3)8-12(2)9-14(16)4;1-11-10-12(2)16(14(4)13(11)3)15-8-6-7-9-17(15)5;1-11-9-12(2)15(13(3)10-11)14-7-5-6-8-16(14)4/h7-10H,1-6H3;2*6-10H,1-5H3;5-10H,1-4H3/q4*+1. The van der Waals surface area contributed by atoms with E-state index < -0.39 is 0 Å². The summed E-state index contributed by atoms with van der Waals surface area (Å²) >= 11 is 0. The van der Waals surface area contributed by atoms with E-state index in [4.69, 9.17) is 0 Å². The molecule has 0 spiro atoms. The van der Waals surface area contributed by atoms with E-state index in [0.29, 0.717) is 0 Å². The highest BCUT2D eigenvalue weighted by atomic mass is 14.9. The topological polar surface area (TPSA) is 15.5 Å². The molecule has 4 heteroatoms. The zero-order valence-corrected chi connectivity index (χ0v) is 45.3. The van der Waals surface area contributed by atoms with Crippen LogP contribution < -0.4 is 18.3 Å². The molecule has 8 rings (SSSR count). The molecule has 4 heterocycles. The highest BCUT2D eigenvalue weighted by molar-refractivity contribution is 5.70. The average molecular weight is 905 g/mol. The normalized spacial score (nSPS) is 10.6. The molecule has 0 fully saturated rings. The summed E-state index contributed by atoms with van der Waals surface area (Å²) in [6.45, 7) is 35.0. The van der Waals surface area contributed by atoms with Crippen LogP contribution in [0.25, 0.3) is 45.0 Å². The van der Waals surface area contributed by atoms with Gasteiger partial charge in [-0.15, -0.1) is 0 Å². The molecule has 352 valence electrons. The Morgan fingerprint density at radius 1 is 0.235 bits per heavy atom. The van der Waals surface area contributed by atoms with Crippen LogP contribution in [0.1, 0.15) is 89.0 Å². The first-order chi connectivity index (χ1) is 32.0. The monoisotopic (exact) mass is 905 g/mol. The molecule has 4 aromatic carbocycles. The van der Waals surface area contributed by atoms with Crippen molar-refractivity contribution < 1.29 is 18.3 Å². The first kappa shape index (κ1) is 52.4. The lowest BCUT2D eigenvalue weighted by Gasteiger charge is -2.13. The molecule has 0 aliphatic heterocycles. The molecule has 0 aliphatic rings. The Kier molecular flexibility index (Phi) is 17.4. The molecule has 0 radical (unpaired) electrons. The van der Waals surface area contributed by atoms with Crippen molar-refractivity contribution in [3.8, 4) is 45.0 Å². The second-order valence-corrected chi connectivity index (χ2v) is 19.6. The third-order valence-corrected chi connectivity index (χ3v) is 13.8. The highest BCUT2D eigenvalue weighted by Crippen LogP contribution is 2.31. The average Bonchev–Trinajstić information content (AvgIpc) is 3.26. The molecular weight excluding hydrogens is 825 g/mol. The minimum Gasteiger partial charge on any atom is -0.201 e. The molecule has 0 saturated heterocycles. The lowest BCUT2D eigenvalue weighted by molar-refractivity contribution is -0.660. The Morgan fingerprint density at radius 3 is 0.897 bits per heavy atom. The van der Waals surface area contributed by atoms with Gasteiger partial charge in [-0.1, -0.05) is 47.5 Å². The number of pyridine rings is 4. The van der Waals surface area contributed by atoms with Crippen LogP contribution >= 0.6 is 0 Å². The van der Waals surface area contributed by atoms with Crippen LogP contribution in [0.2, 0.25) is 0 Å². The van der Waals surface area contributed by atoms with Crippen molar-refractivity contribution in [3.63, 3.8) is 0 Å². The van der Waals surface area contributed by atoms with Crippen LogP contribution in [0.15, 0.2) is 122 Å². The number of benzene rings is 4. The molecular formula is C64H80N4+4. The second kappa shape index (κ2) is 22.5. The number of hydrogen-bond acceptors (Lipinski definition) is 0. The minimum atomic E-state index is 1.28. The molecule has 0 atom stereocenters. The molecule has 0 saturated carbocycles. The first-order valence-corrected chi connectivity index (χ1v) is 24.2. The summed E-state index contributed by atoms with van der Waals surface area (Å²) in [7, 11) is 8.41. The minimum absolute atomic E-state index is 1.28. The van der Waals surface area contributed by atoms with E-state index in [9.17, 15) is 0 Å². The molecule has 0 unspecified atom stereocenters. The van der Waals surface area contributed by atoms with Crippen LogP contribution in [0, 0.1) is 111 Å². The fourth-order valence-electron chi connectivity index (χ4n) is 9.94. The summed E-state index contributed by atoms with van der Waals surface area (Å²) in [5.74, 6) is 0. The summed E-state index contributed by atoms with van der Waals surface area (Å²) in [5.41, 5.74) is 32.3. The SMILES string of the molecule is Cc1cc(C)c(-c2cc(C)cc[n+]2C)c(C)c1.Cc1cc(C)c(-c2cccc[n+]2C)c(C)c1.Cc1cc(C)c(-c2cccc[n+]2C)c(C)c1C.Cc1cc[n+](C)c(-c2c(C)cc(C)c(C)c2C)c1. The lowest BCUT2D eigenvalue weighted by atomic mass is 9.92. The summed E-state index contributed by atoms with van der Waals surface area (Å²) in [4.78, 5) is 0. The van der Waals surface area contributed by atoms with Crippen LogP contribution in [-0.2, 0) is 28.2 Å². The van der Waals surface area contributed by atoms with E-state index in [2.05, 4.69) is 279 Å². The number of aryl methyl sites for hydroxylation is 16. The van der Waals surface area contributed by atoms with Crippen LogP contribution in [-0.4, -0.2) is 0 Å². The van der Waals surface area contributed by atoms with Gasteiger partial charge in [0.25, 0.3) is 0 Å².